The molecule has 0 aliphatic carbocycles. The Morgan fingerprint density at radius 1 is 1.62 bits per heavy atom. The first-order chi connectivity index (χ1) is 5.95. The van der Waals surface area contributed by atoms with Gasteiger partial charge >= 0.3 is 5.97 Å². The maximum absolute atomic E-state index is 10.7. The Morgan fingerprint density at radius 3 is 2.38 bits per heavy atom. The second kappa shape index (κ2) is 3.08. The molecule has 1 heterocycles. The van der Waals surface area contributed by atoms with E-state index in [1.165, 1.54) is 4.68 Å². The second-order valence-corrected chi connectivity index (χ2v) is 3.23. The highest BCUT2D eigenvalue weighted by molar-refractivity contribution is 5.92. The number of nitrogens with zero attached hydrogens (tertiary/aromatic N) is 2. The maximum Gasteiger partial charge on any atom is 0.356 e. The fourth-order valence-corrected chi connectivity index (χ4v) is 1.24. The lowest BCUT2D eigenvalue weighted by atomic mass is 10.1. The van der Waals surface area contributed by atoms with Crippen LogP contribution < -0.4 is 5.73 Å². The molecular formula is C8H13N3O2. The largest absolute Gasteiger partial charge is 0.476 e. The van der Waals surface area contributed by atoms with Gasteiger partial charge in [-0.25, -0.2) is 4.79 Å². The number of nitrogens with two attached hydrogens (primary N) is 1. The molecule has 0 radical (unpaired) electrons. The summed E-state index contributed by atoms with van der Waals surface area (Å²) in [5.41, 5.74) is 6.61. The van der Waals surface area contributed by atoms with Gasteiger partial charge in [0.05, 0.1) is 11.4 Å². The molecule has 5 nitrogen and oxygen atoms in total. The van der Waals surface area contributed by atoms with E-state index in [2.05, 4.69) is 5.10 Å². The molecule has 0 aliphatic rings. The molecule has 5 heteroatoms. The molecule has 0 spiro atoms. The summed E-state index contributed by atoms with van der Waals surface area (Å²) in [6.45, 7) is 3.84. The Morgan fingerprint density at radius 2 is 2.15 bits per heavy atom. The monoisotopic (exact) mass is 183 g/mol. The summed E-state index contributed by atoms with van der Waals surface area (Å²) < 4.78 is 1.30. The van der Waals surface area contributed by atoms with Crippen LogP contribution in [0.25, 0.3) is 0 Å². The third-order valence-electron chi connectivity index (χ3n) is 1.86. The molecule has 3 N–H and O–H groups in total. The van der Waals surface area contributed by atoms with Crippen LogP contribution in [0.4, 0.5) is 5.69 Å². The summed E-state index contributed by atoms with van der Waals surface area (Å²) in [4.78, 5) is 10.7. The molecule has 0 atom stereocenters. The van der Waals surface area contributed by atoms with E-state index >= 15 is 0 Å². The summed E-state index contributed by atoms with van der Waals surface area (Å²) in [6.07, 6.45) is 0. The quantitative estimate of drug-likeness (QED) is 0.711. The lowest BCUT2D eigenvalue weighted by Gasteiger charge is -1.99. The van der Waals surface area contributed by atoms with Crippen LogP contribution in [0.2, 0.25) is 0 Å². The van der Waals surface area contributed by atoms with Crippen LogP contribution in [0, 0.1) is 0 Å². The minimum atomic E-state index is -1.04. The number of hydrogen-bond acceptors (Lipinski definition) is 3. The minimum Gasteiger partial charge on any atom is -0.476 e. The smallest absolute Gasteiger partial charge is 0.356 e. The first kappa shape index (κ1) is 9.57. The molecule has 0 fully saturated rings. The van der Waals surface area contributed by atoms with Gasteiger partial charge in [0.1, 0.15) is 0 Å². The zero-order chi connectivity index (χ0) is 10.2. The molecule has 1 rings (SSSR count). The van der Waals surface area contributed by atoms with Gasteiger partial charge in [0, 0.05) is 7.05 Å². The predicted octanol–water partition coefficient (Wildman–Crippen LogP) is 0.824. The zero-order valence-electron chi connectivity index (χ0n) is 7.90. The van der Waals surface area contributed by atoms with Gasteiger partial charge in [-0.15, -0.1) is 0 Å². The van der Waals surface area contributed by atoms with Crippen molar-refractivity contribution in [3.05, 3.63) is 11.4 Å². The summed E-state index contributed by atoms with van der Waals surface area (Å²) in [6, 6.07) is 0. The van der Waals surface area contributed by atoms with Gasteiger partial charge < -0.3 is 10.8 Å². The number of carboxylic acid groups (broad SMARTS) is 1. The van der Waals surface area contributed by atoms with E-state index in [9.17, 15) is 4.79 Å². The zero-order valence-corrected chi connectivity index (χ0v) is 7.90. The molecule has 0 amide bonds. The number of nitrogen functional groups attached to an aromatic ring is 1. The molecule has 1 aromatic rings. The Balaban J connectivity index is 3.30. The van der Waals surface area contributed by atoms with Crippen molar-refractivity contribution in [3.8, 4) is 0 Å². The van der Waals surface area contributed by atoms with E-state index < -0.39 is 5.97 Å². The highest BCUT2D eigenvalue weighted by atomic mass is 16.4. The summed E-state index contributed by atoms with van der Waals surface area (Å²) in [7, 11) is 1.58. The first-order valence-electron chi connectivity index (χ1n) is 4.00. The minimum absolute atomic E-state index is 0.0590. The van der Waals surface area contributed by atoms with Gasteiger partial charge in [-0.05, 0) is 5.92 Å². The van der Waals surface area contributed by atoms with Crippen molar-refractivity contribution < 1.29 is 9.90 Å². The predicted molar refractivity (Wildman–Crippen MR) is 48.7 cm³/mol. The third-order valence-corrected chi connectivity index (χ3v) is 1.86. The first-order valence-corrected chi connectivity index (χ1v) is 4.00. The topological polar surface area (TPSA) is 81.1 Å². The Bertz CT molecular complexity index is 341. The van der Waals surface area contributed by atoms with Crippen molar-refractivity contribution in [1.29, 1.82) is 0 Å². The van der Waals surface area contributed by atoms with Crippen molar-refractivity contribution in [2.75, 3.05) is 5.73 Å². The number of aromatic nitrogens is 2. The molecule has 13 heavy (non-hydrogen) atoms. The average Bonchev–Trinajstić information content (AvgIpc) is 2.26. The number of aryl methyl sites for hydroxylation is 1. The fraction of sp³-hybridized carbons (Fsp3) is 0.500. The van der Waals surface area contributed by atoms with Crippen LogP contribution in [-0.2, 0) is 7.05 Å². The lowest BCUT2D eigenvalue weighted by Crippen LogP contribution is -2.07. The molecular weight excluding hydrogens is 170 g/mol. The van der Waals surface area contributed by atoms with Crippen molar-refractivity contribution >= 4 is 11.7 Å². The summed E-state index contributed by atoms with van der Waals surface area (Å²) in [5, 5.41) is 12.8. The Hall–Kier alpha value is -1.52. The molecule has 0 bridgehead atoms. The van der Waals surface area contributed by atoms with E-state index in [4.69, 9.17) is 10.8 Å². The van der Waals surface area contributed by atoms with Crippen molar-refractivity contribution in [2.45, 2.75) is 19.8 Å². The fourth-order valence-electron chi connectivity index (χ4n) is 1.24. The number of aromatic carboxylic acids is 1. The van der Waals surface area contributed by atoms with Crippen molar-refractivity contribution in [2.24, 2.45) is 7.05 Å². The number of carbonyl (C=O) groups is 1. The molecule has 0 saturated heterocycles. The van der Waals surface area contributed by atoms with Crippen LogP contribution in [0.15, 0.2) is 0 Å². The van der Waals surface area contributed by atoms with Gasteiger partial charge in [-0.3, -0.25) is 4.68 Å². The number of hydrogen-bond donors (Lipinski definition) is 2. The molecule has 0 aliphatic heterocycles. The standard InChI is InChI=1S/C8H13N3O2/c1-4(2)6-5(9)7(8(12)13)11(3)10-6/h4H,9H2,1-3H3,(H,12,13). The molecule has 0 unspecified atom stereocenters. The van der Waals surface area contributed by atoms with E-state index in [-0.39, 0.29) is 17.3 Å². The molecule has 0 saturated carbocycles. The van der Waals surface area contributed by atoms with E-state index in [1.54, 1.807) is 7.05 Å². The molecule has 1 aromatic heterocycles. The lowest BCUT2D eigenvalue weighted by molar-refractivity contribution is 0.0686. The van der Waals surface area contributed by atoms with Gasteiger partial charge in [0.2, 0.25) is 0 Å². The van der Waals surface area contributed by atoms with Crippen LogP contribution in [0.5, 0.6) is 0 Å². The maximum atomic E-state index is 10.7. The van der Waals surface area contributed by atoms with Crippen LogP contribution in [0.1, 0.15) is 35.9 Å². The Kier molecular flexibility index (Phi) is 2.27. The Labute approximate surface area is 76.2 Å². The second-order valence-electron chi connectivity index (χ2n) is 3.23. The van der Waals surface area contributed by atoms with Crippen molar-refractivity contribution in [1.82, 2.24) is 9.78 Å². The van der Waals surface area contributed by atoms with E-state index in [0.717, 1.165) is 0 Å². The summed E-state index contributed by atoms with van der Waals surface area (Å²) >= 11 is 0. The van der Waals surface area contributed by atoms with Gasteiger partial charge in [0.25, 0.3) is 0 Å². The normalized spacial score (nSPS) is 10.8. The third kappa shape index (κ3) is 1.49. The summed E-state index contributed by atoms with van der Waals surface area (Å²) in [5.74, 6) is -0.904. The van der Waals surface area contributed by atoms with E-state index in [1.807, 2.05) is 13.8 Å². The highest BCUT2D eigenvalue weighted by Gasteiger charge is 2.20. The number of carboxylic acids is 1. The number of rotatable bonds is 2. The van der Waals surface area contributed by atoms with E-state index in [0.29, 0.717) is 5.69 Å². The van der Waals surface area contributed by atoms with Crippen LogP contribution in [0.3, 0.4) is 0 Å². The van der Waals surface area contributed by atoms with Gasteiger partial charge in [0.15, 0.2) is 5.69 Å². The van der Waals surface area contributed by atoms with Gasteiger partial charge in [-0.1, -0.05) is 13.8 Å². The molecule has 72 valence electrons. The van der Waals surface area contributed by atoms with Crippen LogP contribution >= 0.6 is 0 Å². The SMILES string of the molecule is CC(C)c1nn(C)c(C(=O)O)c1N. The van der Waals surface area contributed by atoms with Crippen molar-refractivity contribution in [3.63, 3.8) is 0 Å². The average molecular weight is 183 g/mol. The number of anilines is 1. The van der Waals surface area contributed by atoms with Crippen LogP contribution in [-0.4, -0.2) is 20.9 Å². The van der Waals surface area contributed by atoms with Gasteiger partial charge in [-0.2, -0.15) is 5.10 Å². The highest BCUT2D eigenvalue weighted by Crippen LogP contribution is 2.23. The molecule has 0 aromatic carbocycles.